The zero-order chi connectivity index (χ0) is 11.1. The Morgan fingerprint density at radius 2 is 2.19 bits per heavy atom. The standard InChI is InChI=1S/C13H11NOS/c1-14-11-5-4-9(12-3-2-6-16-12)7-10(11)8-13(14)15/h2-7H,8H2,1H3. The minimum Gasteiger partial charge on any atom is -0.315 e. The van der Waals surface area contributed by atoms with Gasteiger partial charge in [0.05, 0.1) is 6.42 Å². The summed E-state index contributed by atoms with van der Waals surface area (Å²) in [6, 6.07) is 10.4. The second-order valence-electron chi connectivity index (χ2n) is 3.95. The van der Waals surface area contributed by atoms with Crippen molar-refractivity contribution in [1.29, 1.82) is 0 Å². The molecule has 2 aromatic rings. The highest BCUT2D eigenvalue weighted by atomic mass is 32.1. The zero-order valence-electron chi connectivity index (χ0n) is 8.93. The highest BCUT2D eigenvalue weighted by Crippen LogP contribution is 2.33. The van der Waals surface area contributed by atoms with Crippen LogP contribution in [0, 0.1) is 0 Å². The summed E-state index contributed by atoms with van der Waals surface area (Å²) in [4.78, 5) is 14.5. The predicted octanol–water partition coefficient (Wildman–Crippen LogP) is 2.93. The van der Waals surface area contributed by atoms with E-state index in [2.05, 4.69) is 23.6 Å². The number of carbonyl (C=O) groups is 1. The van der Waals surface area contributed by atoms with Gasteiger partial charge in [0.25, 0.3) is 0 Å². The first-order chi connectivity index (χ1) is 7.75. The number of hydrogen-bond donors (Lipinski definition) is 0. The van der Waals surface area contributed by atoms with E-state index in [1.807, 2.05) is 19.2 Å². The second-order valence-corrected chi connectivity index (χ2v) is 4.90. The third kappa shape index (κ3) is 1.36. The van der Waals surface area contributed by atoms with Crippen LogP contribution in [0.25, 0.3) is 10.4 Å². The summed E-state index contributed by atoms with van der Waals surface area (Å²) in [5, 5.41) is 2.07. The van der Waals surface area contributed by atoms with Crippen molar-refractivity contribution >= 4 is 22.9 Å². The van der Waals surface area contributed by atoms with E-state index in [-0.39, 0.29) is 5.91 Å². The van der Waals surface area contributed by atoms with Gasteiger partial charge < -0.3 is 4.90 Å². The van der Waals surface area contributed by atoms with E-state index >= 15 is 0 Å². The van der Waals surface area contributed by atoms with Crippen LogP contribution in [0.5, 0.6) is 0 Å². The first-order valence-electron chi connectivity index (χ1n) is 5.19. The molecule has 3 heteroatoms. The van der Waals surface area contributed by atoms with E-state index in [9.17, 15) is 4.79 Å². The number of likely N-dealkylation sites (N-methyl/N-ethyl adjacent to an activating group) is 1. The number of thiophene rings is 1. The normalized spacial score (nSPS) is 14.3. The number of benzene rings is 1. The van der Waals surface area contributed by atoms with Crippen molar-refractivity contribution in [3.8, 4) is 10.4 Å². The fraction of sp³-hybridized carbons (Fsp3) is 0.154. The van der Waals surface area contributed by atoms with Crippen LogP contribution >= 0.6 is 11.3 Å². The van der Waals surface area contributed by atoms with Crippen LogP contribution in [0.2, 0.25) is 0 Å². The van der Waals surface area contributed by atoms with E-state index in [4.69, 9.17) is 0 Å². The highest BCUT2D eigenvalue weighted by Gasteiger charge is 2.23. The summed E-state index contributed by atoms with van der Waals surface area (Å²) in [5.74, 6) is 0.179. The topological polar surface area (TPSA) is 20.3 Å². The monoisotopic (exact) mass is 229 g/mol. The van der Waals surface area contributed by atoms with E-state index < -0.39 is 0 Å². The van der Waals surface area contributed by atoms with Gasteiger partial charge in [0.2, 0.25) is 5.91 Å². The second kappa shape index (κ2) is 3.46. The summed E-state index contributed by atoms with van der Waals surface area (Å²) >= 11 is 1.72. The summed E-state index contributed by atoms with van der Waals surface area (Å²) in [6.07, 6.45) is 0.533. The number of nitrogens with zero attached hydrogens (tertiary/aromatic N) is 1. The molecule has 1 amide bonds. The Hall–Kier alpha value is -1.61. The van der Waals surface area contributed by atoms with Crippen LogP contribution in [-0.2, 0) is 11.2 Å². The Morgan fingerprint density at radius 3 is 2.94 bits per heavy atom. The van der Waals surface area contributed by atoms with Gasteiger partial charge in [-0.25, -0.2) is 0 Å². The lowest BCUT2D eigenvalue weighted by molar-refractivity contribution is -0.117. The van der Waals surface area contributed by atoms with Gasteiger partial charge in [-0.2, -0.15) is 0 Å². The van der Waals surface area contributed by atoms with Gasteiger partial charge >= 0.3 is 0 Å². The lowest BCUT2D eigenvalue weighted by Crippen LogP contribution is -2.20. The first kappa shape index (κ1) is 9.60. The minimum absolute atomic E-state index is 0.179. The van der Waals surface area contributed by atoms with E-state index in [0.717, 1.165) is 11.3 Å². The van der Waals surface area contributed by atoms with Crippen molar-refractivity contribution in [2.75, 3.05) is 11.9 Å². The molecule has 1 aliphatic rings. The van der Waals surface area contributed by atoms with Gasteiger partial charge in [0, 0.05) is 17.6 Å². The van der Waals surface area contributed by atoms with Crippen molar-refractivity contribution in [2.45, 2.75) is 6.42 Å². The molecule has 0 atom stereocenters. The number of carbonyl (C=O) groups excluding carboxylic acids is 1. The van der Waals surface area contributed by atoms with Gasteiger partial charge in [0.15, 0.2) is 0 Å². The first-order valence-corrected chi connectivity index (χ1v) is 6.07. The van der Waals surface area contributed by atoms with E-state index in [1.54, 1.807) is 16.2 Å². The van der Waals surface area contributed by atoms with Crippen LogP contribution in [0.1, 0.15) is 5.56 Å². The van der Waals surface area contributed by atoms with Gasteiger partial charge in [-0.15, -0.1) is 11.3 Å². The molecule has 0 saturated carbocycles. The van der Waals surface area contributed by atoms with Crippen LogP contribution in [0.3, 0.4) is 0 Å². The van der Waals surface area contributed by atoms with Crippen molar-refractivity contribution in [3.63, 3.8) is 0 Å². The summed E-state index contributed by atoms with van der Waals surface area (Å²) < 4.78 is 0. The Bertz CT molecular complexity index is 545. The smallest absolute Gasteiger partial charge is 0.231 e. The average Bonchev–Trinajstić information content (AvgIpc) is 2.88. The summed E-state index contributed by atoms with van der Waals surface area (Å²) in [7, 11) is 1.83. The maximum Gasteiger partial charge on any atom is 0.231 e. The summed E-state index contributed by atoms with van der Waals surface area (Å²) in [6.45, 7) is 0. The number of fused-ring (bicyclic) bond motifs is 1. The summed E-state index contributed by atoms with van der Waals surface area (Å²) in [5.41, 5.74) is 3.39. The van der Waals surface area contributed by atoms with Crippen molar-refractivity contribution in [2.24, 2.45) is 0 Å². The highest BCUT2D eigenvalue weighted by molar-refractivity contribution is 7.13. The largest absolute Gasteiger partial charge is 0.315 e. The number of hydrogen-bond acceptors (Lipinski definition) is 2. The maximum absolute atomic E-state index is 11.6. The van der Waals surface area contributed by atoms with Gasteiger partial charge in [-0.3, -0.25) is 4.79 Å². The number of amides is 1. The molecule has 2 heterocycles. The van der Waals surface area contributed by atoms with Crippen molar-refractivity contribution in [3.05, 3.63) is 41.3 Å². The predicted molar refractivity (Wildman–Crippen MR) is 66.9 cm³/mol. The SMILES string of the molecule is CN1C(=O)Cc2cc(-c3cccs3)ccc21. The molecule has 2 nitrogen and oxygen atoms in total. The lowest BCUT2D eigenvalue weighted by atomic mass is 10.1. The quantitative estimate of drug-likeness (QED) is 0.736. The molecule has 0 N–H and O–H groups in total. The van der Waals surface area contributed by atoms with Crippen molar-refractivity contribution < 1.29 is 4.79 Å². The van der Waals surface area contributed by atoms with Gasteiger partial charge in [-0.05, 0) is 34.7 Å². The zero-order valence-corrected chi connectivity index (χ0v) is 9.75. The fourth-order valence-corrected chi connectivity index (χ4v) is 2.79. The third-order valence-electron chi connectivity index (χ3n) is 2.96. The Morgan fingerprint density at radius 1 is 1.31 bits per heavy atom. The Kier molecular flexibility index (Phi) is 2.07. The Balaban J connectivity index is 2.08. The van der Waals surface area contributed by atoms with Gasteiger partial charge in [0.1, 0.15) is 0 Å². The number of anilines is 1. The molecule has 0 aliphatic carbocycles. The molecule has 1 aromatic heterocycles. The Labute approximate surface area is 98.1 Å². The fourth-order valence-electron chi connectivity index (χ4n) is 2.07. The molecule has 0 fully saturated rings. The molecule has 0 saturated heterocycles. The van der Waals surface area contributed by atoms with E-state index in [0.29, 0.717) is 6.42 Å². The lowest BCUT2D eigenvalue weighted by Gasteiger charge is -2.09. The minimum atomic E-state index is 0.179. The molecular weight excluding hydrogens is 218 g/mol. The van der Waals surface area contributed by atoms with Crippen LogP contribution in [-0.4, -0.2) is 13.0 Å². The van der Waals surface area contributed by atoms with Gasteiger partial charge in [-0.1, -0.05) is 12.1 Å². The average molecular weight is 229 g/mol. The van der Waals surface area contributed by atoms with Crippen LogP contribution < -0.4 is 4.90 Å². The molecule has 1 aromatic carbocycles. The third-order valence-corrected chi connectivity index (χ3v) is 3.88. The molecule has 0 radical (unpaired) electrons. The molecule has 80 valence electrons. The number of rotatable bonds is 1. The molecule has 0 unspecified atom stereocenters. The molecule has 0 spiro atoms. The molecule has 1 aliphatic heterocycles. The molecule has 16 heavy (non-hydrogen) atoms. The van der Waals surface area contributed by atoms with Crippen molar-refractivity contribution in [1.82, 2.24) is 0 Å². The molecule has 3 rings (SSSR count). The molecule has 0 bridgehead atoms. The molecular formula is C13H11NOS. The van der Waals surface area contributed by atoms with E-state index in [1.165, 1.54) is 10.4 Å². The van der Waals surface area contributed by atoms with Crippen LogP contribution in [0.4, 0.5) is 5.69 Å². The van der Waals surface area contributed by atoms with Crippen LogP contribution in [0.15, 0.2) is 35.7 Å². The maximum atomic E-state index is 11.6.